The predicted octanol–water partition coefficient (Wildman–Crippen LogP) is 2.61. The van der Waals surface area contributed by atoms with Gasteiger partial charge < -0.3 is 10.2 Å². The van der Waals surface area contributed by atoms with Crippen molar-refractivity contribution in [3.05, 3.63) is 29.3 Å². The third-order valence-corrected chi connectivity index (χ3v) is 6.35. The summed E-state index contributed by atoms with van der Waals surface area (Å²) < 4.78 is 0. The van der Waals surface area contributed by atoms with Gasteiger partial charge >= 0.3 is 6.03 Å². The van der Waals surface area contributed by atoms with E-state index in [2.05, 4.69) is 10.6 Å². The van der Waals surface area contributed by atoms with Crippen molar-refractivity contribution < 1.29 is 14.4 Å². The van der Waals surface area contributed by atoms with Crippen molar-refractivity contribution in [2.75, 3.05) is 11.9 Å². The Hall–Kier alpha value is -2.37. The Morgan fingerprint density at radius 2 is 1.64 bits per heavy atom. The maximum absolute atomic E-state index is 12.9. The second-order valence-electron chi connectivity index (χ2n) is 8.06. The van der Waals surface area contributed by atoms with E-state index in [0.29, 0.717) is 28.8 Å². The molecule has 4 bridgehead atoms. The van der Waals surface area contributed by atoms with Gasteiger partial charge in [0, 0.05) is 18.3 Å². The number of hydrogen-bond donors (Lipinski definition) is 2. The molecule has 5 aliphatic rings. The molecule has 2 saturated carbocycles. The van der Waals surface area contributed by atoms with Gasteiger partial charge in [0.05, 0.1) is 11.1 Å². The molecule has 1 aromatic carbocycles. The lowest BCUT2D eigenvalue weighted by atomic mass is 9.68. The Balaban J connectivity index is 1.36. The van der Waals surface area contributed by atoms with Crippen LogP contribution in [0.15, 0.2) is 18.2 Å². The molecule has 6 rings (SSSR count). The van der Waals surface area contributed by atoms with E-state index in [9.17, 15) is 14.4 Å². The van der Waals surface area contributed by atoms with Crippen LogP contribution in [0.5, 0.6) is 0 Å². The van der Waals surface area contributed by atoms with Crippen molar-refractivity contribution in [2.24, 2.45) is 17.8 Å². The van der Waals surface area contributed by atoms with Gasteiger partial charge in [0.15, 0.2) is 0 Å². The molecule has 1 aromatic rings. The van der Waals surface area contributed by atoms with Crippen LogP contribution in [0.2, 0.25) is 0 Å². The van der Waals surface area contributed by atoms with Crippen molar-refractivity contribution in [1.29, 1.82) is 0 Å². The first kappa shape index (κ1) is 14.9. The molecule has 2 unspecified atom stereocenters. The predicted molar refractivity (Wildman–Crippen MR) is 91.3 cm³/mol. The fourth-order valence-corrected chi connectivity index (χ4v) is 5.47. The van der Waals surface area contributed by atoms with Crippen molar-refractivity contribution in [3.8, 4) is 0 Å². The molecule has 3 aliphatic heterocycles. The number of carbonyl (C=O) groups excluding carboxylic acids is 3. The molecule has 0 spiro atoms. The number of benzene rings is 1. The first-order valence-corrected chi connectivity index (χ1v) is 9.14. The van der Waals surface area contributed by atoms with E-state index in [1.807, 2.05) is 4.90 Å². The molecule has 4 atom stereocenters. The van der Waals surface area contributed by atoms with Crippen LogP contribution >= 0.6 is 0 Å². The van der Waals surface area contributed by atoms with E-state index in [-0.39, 0.29) is 11.9 Å². The zero-order valence-electron chi connectivity index (χ0n) is 14.0. The lowest BCUT2D eigenvalue weighted by Gasteiger charge is -2.38. The molecule has 4 fully saturated rings. The zero-order chi connectivity index (χ0) is 17.1. The van der Waals surface area contributed by atoms with Gasteiger partial charge in [-0.25, -0.2) is 4.79 Å². The van der Waals surface area contributed by atoms with E-state index < -0.39 is 5.91 Å². The standard InChI is InChI=1S/C19H21N3O3/c23-17-15-2-1-13(8-16(15)18(24)21-17)20-19(25)22-9-12-4-10-3-11(5-12)7-14(22)6-10/h1-2,8,10-12,14H,3-7,9H2,(H,20,25)(H,21,23,24)/t10-,11+,12?,14?. The summed E-state index contributed by atoms with van der Waals surface area (Å²) in [5.74, 6) is 1.43. The number of carbonyl (C=O) groups is 3. The Bertz CT molecular complexity index is 776. The number of imide groups is 1. The maximum atomic E-state index is 12.9. The minimum atomic E-state index is -0.401. The number of urea groups is 1. The Labute approximate surface area is 145 Å². The fraction of sp³-hybridized carbons (Fsp3) is 0.526. The summed E-state index contributed by atoms with van der Waals surface area (Å²) in [6, 6.07) is 5.14. The van der Waals surface area contributed by atoms with Gasteiger partial charge in [-0.1, -0.05) is 0 Å². The first-order chi connectivity index (χ1) is 12.1. The highest BCUT2D eigenvalue weighted by molar-refractivity contribution is 6.22. The second-order valence-corrected chi connectivity index (χ2v) is 8.06. The molecule has 0 radical (unpaired) electrons. The van der Waals surface area contributed by atoms with E-state index in [0.717, 1.165) is 31.2 Å². The van der Waals surface area contributed by atoms with E-state index in [1.54, 1.807) is 18.2 Å². The third-order valence-electron chi connectivity index (χ3n) is 6.35. The Morgan fingerprint density at radius 1 is 0.960 bits per heavy atom. The number of hydrogen-bond acceptors (Lipinski definition) is 3. The monoisotopic (exact) mass is 339 g/mol. The van der Waals surface area contributed by atoms with Crippen LogP contribution in [0.25, 0.3) is 0 Å². The molecule has 6 heteroatoms. The van der Waals surface area contributed by atoms with Crippen LogP contribution in [0.3, 0.4) is 0 Å². The number of anilines is 1. The van der Waals surface area contributed by atoms with E-state index >= 15 is 0 Å². The van der Waals surface area contributed by atoms with Crippen molar-refractivity contribution in [3.63, 3.8) is 0 Å². The summed E-state index contributed by atoms with van der Waals surface area (Å²) in [4.78, 5) is 38.3. The van der Waals surface area contributed by atoms with Gasteiger partial charge in [0.25, 0.3) is 11.8 Å². The highest BCUT2D eigenvalue weighted by Crippen LogP contribution is 2.47. The van der Waals surface area contributed by atoms with Gasteiger partial charge in [0.2, 0.25) is 0 Å². The fourth-order valence-electron chi connectivity index (χ4n) is 5.47. The van der Waals surface area contributed by atoms with Crippen LogP contribution in [0.4, 0.5) is 10.5 Å². The number of rotatable bonds is 1. The minimum absolute atomic E-state index is 0.0807. The van der Waals surface area contributed by atoms with Crippen LogP contribution in [-0.4, -0.2) is 35.3 Å². The van der Waals surface area contributed by atoms with Crippen LogP contribution in [-0.2, 0) is 0 Å². The molecular weight excluding hydrogens is 318 g/mol. The van der Waals surface area contributed by atoms with Crippen molar-refractivity contribution >= 4 is 23.5 Å². The molecule has 2 aliphatic carbocycles. The quantitative estimate of drug-likeness (QED) is 0.772. The van der Waals surface area contributed by atoms with Gasteiger partial charge in [-0.2, -0.15) is 0 Å². The largest absolute Gasteiger partial charge is 0.322 e. The molecular formula is C19H21N3O3. The minimum Gasteiger partial charge on any atom is -0.321 e. The van der Waals surface area contributed by atoms with Gasteiger partial charge in [-0.15, -0.1) is 0 Å². The molecule has 3 heterocycles. The lowest BCUT2D eigenvalue weighted by Crippen LogP contribution is -2.44. The molecule has 130 valence electrons. The smallest absolute Gasteiger partial charge is 0.321 e. The highest BCUT2D eigenvalue weighted by Gasteiger charge is 2.44. The maximum Gasteiger partial charge on any atom is 0.322 e. The first-order valence-electron chi connectivity index (χ1n) is 9.14. The van der Waals surface area contributed by atoms with Crippen molar-refractivity contribution in [2.45, 2.75) is 38.1 Å². The van der Waals surface area contributed by atoms with Crippen LogP contribution in [0.1, 0.15) is 52.8 Å². The van der Waals surface area contributed by atoms with Crippen molar-refractivity contribution in [1.82, 2.24) is 10.2 Å². The van der Waals surface area contributed by atoms with Gasteiger partial charge in [-0.05, 0) is 68.1 Å². The molecule has 6 nitrogen and oxygen atoms in total. The molecule has 2 saturated heterocycles. The summed E-state index contributed by atoms with van der Waals surface area (Å²) in [5.41, 5.74) is 1.27. The molecule has 2 N–H and O–H groups in total. The number of amides is 4. The summed E-state index contributed by atoms with van der Waals surface area (Å²) in [7, 11) is 0. The SMILES string of the molecule is O=C1NC(=O)c2cc(NC(=O)N3CC4C[C@@H]5CC3C[C@H](C4)C5)ccc21. The summed E-state index contributed by atoms with van der Waals surface area (Å²) in [6.45, 7) is 0.841. The van der Waals surface area contributed by atoms with Crippen LogP contribution in [0, 0.1) is 17.8 Å². The Morgan fingerprint density at radius 3 is 2.40 bits per heavy atom. The normalized spacial score (nSPS) is 32.4. The number of fused-ring (bicyclic) bond motifs is 2. The average molecular weight is 339 g/mol. The number of nitrogens with one attached hydrogen (secondary N) is 2. The lowest BCUT2D eigenvalue weighted by molar-refractivity contribution is 0.0879. The van der Waals surface area contributed by atoms with E-state index in [4.69, 9.17) is 0 Å². The topological polar surface area (TPSA) is 78.5 Å². The highest BCUT2D eigenvalue weighted by atomic mass is 16.2. The number of nitrogens with zero attached hydrogens (tertiary/aromatic N) is 1. The van der Waals surface area contributed by atoms with Crippen LogP contribution < -0.4 is 10.6 Å². The van der Waals surface area contributed by atoms with E-state index in [1.165, 1.54) is 19.3 Å². The summed E-state index contributed by atoms with van der Waals surface area (Å²) in [6.07, 6.45) is 6.12. The average Bonchev–Trinajstić information content (AvgIpc) is 2.71. The summed E-state index contributed by atoms with van der Waals surface area (Å²) in [5, 5.41) is 5.22. The third kappa shape index (κ3) is 2.42. The van der Waals surface area contributed by atoms with Gasteiger partial charge in [0.1, 0.15) is 0 Å². The molecule has 0 aromatic heterocycles. The zero-order valence-corrected chi connectivity index (χ0v) is 14.0. The summed E-state index contributed by atoms with van der Waals surface area (Å²) >= 11 is 0. The second kappa shape index (κ2) is 5.31. The Kier molecular flexibility index (Phi) is 3.17. The van der Waals surface area contributed by atoms with Gasteiger partial charge in [-0.3, -0.25) is 14.9 Å². The molecule has 25 heavy (non-hydrogen) atoms. The molecule has 4 amide bonds.